The Hall–Kier alpha value is -0.726. The van der Waals surface area contributed by atoms with Gasteiger partial charge in [-0.25, -0.2) is 0 Å². The minimum atomic E-state index is -0.0833. The van der Waals surface area contributed by atoms with E-state index in [4.69, 9.17) is 0 Å². The van der Waals surface area contributed by atoms with Crippen molar-refractivity contribution < 1.29 is 37.5 Å². The van der Waals surface area contributed by atoms with Crippen LogP contribution in [0.4, 0.5) is 0 Å². The first-order valence-corrected chi connectivity index (χ1v) is 6.02. The molecule has 19 heavy (non-hydrogen) atoms. The van der Waals surface area contributed by atoms with Gasteiger partial charge in [0.1, 0.15) is 0 Å². The number of nitrogens with zero attached hydrogens (tertiary/aromatic N) is 1. The Morgan fingerprint density at radius 2 is 1.47 bits per heavy atom. The monoisotopic (exact) mass is 334 g/mol. The third-order valence-corrected chi connectivity index (χ3v) is 1.55. The normalized spacial score (nSPS) is 7.21. The van der Waals surface area contributed by atoms with Gasteiger partial charge < -0.3 is 18.6 Å². The molecule has 2 rings (SSSR count). The van der Waals surface area contributed by atoms with Crippen molar-refractivity contribution >= 4 is 16.6 Å². The van der Waals surface area contributed by atoms with Gasteiger partial charge in [-0.05, 0) is 29.5 Å². The van der Waals surface area contributed by atoms with Gasteiger partial charge in [0, 0.05) is 45.1 Å². The standard InChI is InChI=1S/C9H7N.C3H5O.C2H6.C2H5.Y/c1-2-4-9-7-10-6-5-8(9)3-1;1-3(2)4;2*1-2;/h1-7H;1H2,2H3;1-2H3;1H2,2H3;/q;-1;;-1;. The molecule has 0 saturated carbocycles. The number of aromatic nitrogens is 1. The summed E-state index contributed by atoms with van der Waals surface area (Å²) in [5, 5.41) is 2.45. The summed E-state index contributed by atoms with van der Waals surface area (Å²) < 4.78 is 0. The van der Waals surface area contributed by atoms with Crippen molar-refractivity contribution in [2.75, 3.05) is 0 Å². The van der Waals surface area contributed by atoms with Gasteiger partial charge in [0.25, 0.3) is 0 Å². The molecular formula is C16H23NOY-2. The van der Waals surface area contributed by atoms with Crippen molar-refractivity contribution in [1.29, 1.82) is 0 Å². The van der Waals surface area contributed by atoms with Crippen molar-refractivity contribution in [3.05, 3.63) is 56.6 Å². The second-order valence-corrected chi connectivity index (χ2v) is 2.92. The Balaban J connectivity index is -0.000000246. The van der Waals surface area contributed by atoms with E-state index in [0.717, 1.165) is 0 Å². The van der Waals surface area contributed by atoms with E-state index in [2.05, 4.69) is 31.0 Å². The van der Waals surface area contributed by atoms with Crippen LogP contribution in [0.2, 0.25) is 0 Å². The quantitative estimate of drug-likeness (QED) is 0.664. The van der Waals surface area contributed by atoms with Gasteiger partial charge in [-0.2, -0.15) is 6.92 Å². The first kappa shape index (κ1) is 23.4. The van der Waals surface area contributed by atoms with E-state index in [1.807, 2.05) is 44.4 Å². The first-order chi connectivity index (χ1) is 8.70. The van der Waals surface area contributed by atoms with Crippen LogP contribution in [0, 0.1) is 13.8 Å². The Bertz CT molecular complexity index is 360. The van der Waals surface area contributed by atoms with Crippen molar-refractivity contribution in [2.24, 2.45) is 0 Å². The fourth-order valence-electron chi connectivity index (χ4n) is 1.03. The topological polar surface area (TPSA) is 30.0 Å². The van der Waals surface area contributed by atoms with Crippen LogP contribution in [-0.4, -0.2) is 10.8 Å². The van der Waals surface area contributed by atoms with Crippen LogP contribution in [0.3, 0.4) is 0 Å². The van der Waals surface area contributed by atoms with Crippen LogP contribution in [0.5, 0.6) is 0 Å². The molecule has 1 aromatic heterocycles. The molecular weight excluding hydrogens is 311 g/mol. The van der Waals surface area contributed by atoms with Gasteiger partial charge in [0.15, 0.2) is 0 Å². The van der Waals surface area contributed by atoms with Crippen molar-refractivity contribution in [2.45, 2.75) is 27.7 Å². The second-order valence-electron chi connectivity index (χ2n) is 2.92. The average Bonchev–Trinajstić information content (AvgIpc) is 2.43. The number of carbonyl (C=O) groups is 1. The molecule has 0 spiro atoms. The molecule has 1 radical (unpaired) electrons. The number of ketones is 1. The number of benzene rings is 1. The number of rotatable bonds is 0. The summed E-state index contributed by atoms with van der Waals surface area (Å²) in [7, 11) is 0. The zero-order valence-electron chi connectivity index (χ0n) is 12.4. The summed E-state index contributed by atoms with van der Waals surface area (Å²) in [6.07, 6.45) is 3.68. The van der Waals surface area contributed by atoms with Crippen LogP contribution in [0.1, 0.15) is 27.7 Å². The van der Waals surface area contributed by atoms with E-state index in [1.165, 1.54) is 17.7 Å². The smallest absolute Gasteiger partial charge is 0.0346 e. The summed E-state index contributed by atoms with van der Waals surface area (Å²) >= 11 is 0. The molecule has 103 valence electrons. The largest absolute Gasteiger partial charge is 0.346 e. The molecule has 2 nitrogen and oxygen atoms in total. The van der Waals surface area contributed by atoms with Crippen molar-refractivity contribution in [1.82, 2.24) is 4.98 Å². The van der Waals surface area contributed by atoms with E-state index in [-0.39, 0.29) is 38.5 Å². The van der Waals surface area contributed by atoms with Crippen molar-refractivity contribution in [3.8, 4) is 0 Å². The second kappa shape index (κ2) is 17.3. The molecule has 0 saturated heterocycles. The predicted molar refractivity (Wildman–Crippen MR) is 80.2 cm³/mol. The summed E-state index contributed by atoms with van der Waals surface area (Å²) in [5.74, 6) is -0.0833. The molecule has 1 aromatic carbocycles. The Labute approximate surface area is 142 Å². The molecule has 0 aliphatic rings. The van der Waals surface area contributed by atoms with E-state index in [0.29, 0.717) is 0 Å². The van der Waals surface area contributed by atoms with Gasteiger partial charge in [-0.3, -0.25) is 4.98 Å². The van der Waals surface area contributed by atoms with E-state index < -0.39 is 0 Å². The molecule has 0 amide bonds. The molecule has 1 heterocycles. The summed E-state index contributed by atoms with van der Waals surface area (Å²) in [6.45, 7) is 13.4. The number of hydrogen-bond donors (Lipinski definition) is 0. The average molecular weight is 334 g/mol. The zero-order valence-corrected chi connectivity index (χ0v) is 15.2. The molecule has 0 fully saturated rings. The molecule has 0 aliphatic carbocycles. The number of Topliss-reactive ketones (excluding diaryl/α,β-unsaturated/α-hetero) is 1. The van der Waals surface area contributed by atoms with E-state index >= 15 is 0 Å². The Morgan fingerprint density at radius 1 is 1.05 bits per heavy atom. The molecule has 0 atom stereocenters. The van der Waals surface area contributed by atoms with Gasteiger partial charge in [-0.1, -0.05) is 38.1 Å². The molecule has 0 N–H and O–H groups in total. The van der Waals surface area contributed by atoms with Crippen LogP contribution in [-0.2, 0) is 37.5 Å². The van der Waals surface area contributed by atoms with E-state index in [9.17, 15) is 4.79 Å². The molecule has 0 bridgehead atoms. The number of fused-ring (bicyclic) bond motifs is 1. The molecule has 0 unspecified atom stereocenters. The maximum Gasteiger partial charge on any atom is 0.0346 e. The number of carbonyl (C=O) groups excluding carboxylic acids is 1. The van der Waals surface area contributed by atoms with Gasteiger partial charge in [0.2, 0.25) is 0 Å². The Morgan fingerprint density at radius 3 is 1.89 bits per heavy atom. The summed E-state index contributed by atoms with van der Waals surface area (Å²) in [5.41, 5.74) is 0. The fraction of sp³-hybridized carbons (Fsp3) is 0.250. The van der Waals surface area contributed by atoms with Gasteiger partial charge >= 0.3 is 0 Å². The van der Waals surface area contributed by atoms with Gasteiger partial charge in [0.05, 0.1) is 0 Å². The molecule has 2 aromatic rings. The maximum atomic E-state index is 9.33. The predicted octanol–water partition coefficient (Wildman–Crippen LogP) is 4.51. The maximum absolute atomic E-state index is 9.33. The van der Waals surface area contributed by atoms with E-state index in [1.54, 1.807) is 6.92 Å². The third-order valence-electron chi connectivity index (χ3n) is 1.55. The van der Waals surface area contributed by atoms with Crippen molar-refractivity contribution in [3.63, 3.8) is 0 Å². The minimum Gasteiger partial charge on any atom is -0.346 e. The van der Waals surface area contributed by atoms with Crippen LogP contribution in [0.15, 0.2) is 42.7 Å². The first-order valence-electron chi connectivity index (χ1n) is 6.02. The minimum absolute atomic E-state index is 0. The number of pyridine rings is 1. The SMILES string of the molecule is CC.[CH2-]C.[CH2-]C(C)=O.[Y].c1ccc2cnccc2c1. The van der Waals surface area contributed by atoms with Crippen LogP contribution < -0.4 is 0 Å². The Kier molecular flexibility index (Phi) is 21.2. The molecule has 3 heteroatoms. The van der Waals surface area contributed by atoms with Gasteiger partial charge in [-0.15, -0.1) is 0 Å². The third kappa shape index (κ3) is 13.5. The fourth-order valence-corrected chi connectivity index (χ4v) is 1.03. The summed E-state index contributed by atoms with van der Waals surface area (Å²) in [4.78, 5) is 13.3. The molecule has 0 aliphatic heterocycles. The zero-order chi connectivity index (χ0) is 14.4. The summed E-state index contributed by atoms with van der Waals surface area (Å²) in [6, 6.07) is 10.2. The van der Waals surface area contributed by atoms with Crippen LogP contribution >= 0.6 is 0 Å². The van der Waals surface area contributed by atoms with Crippen LogP contribution in [0.25, 0.3) is 10.8 Å². The number of hydrogen-bond acceptors (Lipinski definition) is 2.